The highest BCUT2D eigenvalue weighted by molar-refractivity contribution is 7.73. The minimum atomic E-state index is -0.212. The molecule has 2 rings (SSSR count). The third-order valence-electron chi connectivity index (χ3n) is 4.67. The average Bonchev–Trinajstić information content (AvgIpc) is 2.58. The van der Waals surface area contributed by atoms with E-state index in [1.807, 2.05) is 0 Å². The lowest BCUT2D eigenvalue weighted by Crippen LogP contribution is -2.17. The lowest BCUT2D eigenvalue weighted by atomic mass is 10.1. The van der Waals surface area contributed by atoms with E-state index in [-0.39, 0.29) is 7.92 Å². The van der Waals surface area contributed by atoms with Crippen LogP contribution in [0.5, 0.6) is 0 Å². The molecule has 1 heteroatoms. The molecule has 23 heavy (non-hydrogen) atoms. The molecular formula is C22H31P. The van der Waals surface area contributed by atoms with Crippen LogP contribution in [0, 0.1) is 13.8 Å². The molecular weight excluding hydrogens is 295 g/mol. The topological polar surface area (TPSA) is 0 Å². The Morgan fingerprint density at radius 3 is 2.17 bits per heavy atom. The molecule has 0 radical (unpaired) electrons. The highest BCUT2D eigenvalue weighted by Crippen LogP contribution is 2.36. The van der Waals surface area contributed by atoms with E-state index in [4.69, 9.17) is 0 Å². The van der Waals surface area contributed by atoms with Gasteiger partial charge >= 0.3 is 0 Å². The summed E-state index contributed by atoms with van der Waals surface area (Å²) < 4.78 is 0. The molecule has 0 bridgehead atoms. The Kier molecular flexibility index (Phi) is 7.83. The maximum atomic E-state index is 2.36. The third kappa shape index (κ3) is 5.47. The zero-order chi connectivity index (χ0) is 16.5. The van der Waals surface area contributed by atoms with Crippen LogP contribution in [0.4, 0.5) is 0 Å². The summed E-state index contributed by atoms with van der Waals surface area (Å²) in [5, 5.41) is 3.12. The fourth-order valence-electron chi connectivity index (χ4n) is 3.07. The van der Waals surface area contributed by atoms with Gasteiger partial charge < -0.3 is 0 Å². The minimum Gasteiger partial charge on any atom is -0.0654 e. The summed E-state index contributed by atoms with van der Waals surface area (Å²) in [6, 6.07) is 18.0. The molecule has 0 spiro atoms. The van der Waals surface area contributed by atoms with Gasteiger partial charge in [0.15, 0.2) is 0 Å². The third-order valence-corrected chi connectivity index (χ3v) is 7.42. The summed E-state index contributed by atoms with van der Waals surface area (Å²) in [7, 11) is -0.212. The Bertz CT molecular complexity index is 574. The molecule has 1 atom stereocenters. The number of unbranched alkanes of at least 4 members (excludes halogenated alkanes) is 5. The monoisotopic (exact) mass is 326 g/mol. The van der Waals surface area contributed by atoms with Crippen molar-refractivity contribution in [3.63, 3.8) is 0 Å². The summed E-state index contributed by atoms with van der Waals surface area (Å²) in [4.78, 5) is 0. The molecule has 0 nitrogen and oxygen atoms in total. The van der Waals surface area contributed by atoms with Gasteiger partial charge in [0.1, 0.15) is 0 Å². The average molecular weight is 326 g/mol. The van der Waals surface area contributed by atoms with Crippen LogP contribution >= 0.6 is 7.92 Å². The van der Waals surface area contributed by atoms with Gasteiger partial charge in [0.25, 0.3) is 0 Å². The molecule has 2 aromatic rings. The van der Waals surface area contributed by atoms with Crippen molar-refractivity contribution in [2.45, 2.75) is 59.3 Å². The predicted molar refractivity (Wildman–Crippen MR) is 107 cm³/mol. The van der Waals surface area contributed by atoms with Crippen molar-refractivity contribution in [2.75, 3.05) is 6.16 Å². The van der Waals surface area contributed by atoms with Crippen molar-refractivity contribution >= 4 is 18.5 Å². The van der Waals surface area contributed by atoms with E-state index in [1.54, 1.807) is 5.30 Å². The van der Waals surface area contributed by atoms with Crippen molar-refractivity contribution in [3.05, 3.63) is 59.7 Å². The molecule has 124 valence electrons. The van der Waals surface area contributed by atoms with Gasteiger partial charge in [-0.2, -0.15) is 0 Å². The van der Waals surface area contributed by atoms with Crippen molar-refractivity contribution < 1.29 is 0 Å². The Morgan fingerprint density at radius 2 is 1.43 bits per heavy atom. The molecule has 0 aromatic heterocycles. The molecule has 0 aliphatic heterocycles. The van der Waals surface area contributed by atoms with Crippen LogP contribution in [0.25, 0.3) is 0 Å². The molecule has 2 aromatic carbocycles. The fourth-order valence-corrected chi connectivity index (χ4v) is 5.77. The Labute approximate surface area is 144 Å². The number of aryl methyl sites for hydroxylation is 1. The maximum absolute atomic E-state index is 2.36. The highest BCUT2D eigenvalue weighted by Gasteiger charge is 2.15. The van der Waals surface area contributed by atoms with Crippen LogP contribution < -0.4 is 10.6 Å². The second-order valence-corrected chi connectivity index (χ2v) is 8.78. The number of benzene rings is 2. The standard InChI is InChI=1S/C22H31P/c1-4-5-6-7-8-12-18-23(21-15-10-9-11-16-21)22-17-13-14-19(2)20(22)3/h9-11,13-17H,4-8,12,18H2,1-3H3. The predicted octanol–water partition coefficient (Wildman–Crippen LogP) is 6.10. The second kappa shape index (κ2) is 9.89. The summed E-state index contributed by atoms with van der Waals surface area (Å²) in [6.45, 7) is 6.82. The first-order valence-corrected chi connectivity index (χ1v) is 10.7. The first kappa shape index (κ1) is 18.2. The zero-order valence-corrected chi connectivity index (χ0v) is 15.9. The Hall–Kier alpha value is -1.13. The Balaban J connectivity index is 2.09. The number of hydrogen-bond acceptors (Lipinski definition) is 0. The normalized spacial score (nSPS) is 12.3. The Morgan fingerprint density at radius 1 is 0.739 bits per heavy atom. The smallest absolute Gasteiger partial charge is 0.0163 e. The number of rotatable bonds is 9. The summed E-state index contributed by atoms with van der Waals surface area (Å²) in [5.74, 6) is 0. The van der Waals surface area contributed by atoms with E-state index in [0.717, 1.165) is 0 Å². The molecule has 0 aliphatic carbocycles. The zero-order valence-electron chi connectivity index (χ0n) is 15.0. The van der Waals surface area contributed by atoms with Crippen LogP contribution in [0.1, 0.15) is 56.6 Å². The fraction of sp³-hybridized carbons (Fsp3) is 0.455. The molecule has 0 saturated carbocycles. The largest absolute Gasteiger partial charge is 0.0654 e. The van der Waals surface area contributed by atoms with E-state index in [9.17, 15) is 0 Å². The van der Waals surface area contributed by atoms with E-state index in [2.05, 4.69) is 69.3 Å². The van der Waals surface area contributed by atoms with Crippen LogP contribution in [0.2, 0.25) is 0 Å². The summed E-state index contributed by atoms with van der Waals surface area (Å²) in [5.41, 5.74) is 2.92. The van der Waals surface area contributed by atoms with Gasteiger partial charge in [0.05, 0.1) is 0 Å². The van der Waals surface area contributed by atoms with Gasteiger partial charge in [-0.1, -0.05) is 87.6 Å². The van der Waals surface area contributed by atoms with Gasteiger partial charge in [0.2, 0.25) is 0 Å². The summed E-state index contributed by atoms with van der Waals surface area (Å²) >= 11 is 0. The van der Waals surface area contributed by atoms with Gasteiger partial charge in [0, 0.05) is 0 Å². The van der Waals surface area contributed by atoms with Gasteiger partial charge in [-0.25, -0.2) is 0 Å². The van der Waals surface area contributed by atoms with Gasteiger partial charge in [-0.05, 0) is 56.1 Å². The lowest BCUT2D eigenvalue weighted by Gasteiger charge is -2.21. The highest BCUT2D eigenvalue weighted by atomic mass is 31.1. The van der Waals surface area contributed by atoms with Crippen molar-refractivity contribution in [2.24, 2.45) is 0 Å². The molecule has 0 N–H and O–H groups in total. The first-order valence-electron chi connectivity index (χ1n) is 9.13. The van der Waals surface area contributed by atoms with Gasteiger partial charge in [-0.3, -0.25) is 0 Å². The second-order valence-electron chi connectivity index (χ2n) is 6.47. The molecule has 0 fully saturated rings. The minimum absolute atomic E-state index is 0.212. The first-order chi connectivity index (χ1) is 11.2. The van der Waals surface area contributed by atoms with E-state index in [0.29, 0.717) is 0 Å². The quantitative estimate of drug-likeness (QED) is 0.386. The maximum Gasteiger partial charge on any atom is -0.0163 e. The van der Waals surface area contributed by atoms with Crippen LogP contribution in [0.3, 0.4) is 0 Å². The van der Waals surface area contributed by atoms with Gasteiger partial charge in [-0.15, -0.1) is 0 Å². The molecule has 0 amide bonds. The lowest BCUT2D eigenvalue weighted by molar-refractivity contribution is 0.626. The van der Waals surface area contributed by atoms with E-state index < -0.39 is 0 Å². The molecule has 1 unspecified atom stereocenters. The molecule has 0 heterocycles. The molecule has 0 saturated heterocycles. The van der Waals surface area contributed by atoms with Crippen LogP contribution in [0.15, 0.2) is 48.5 Å². The van der Waals surface area contributed by atoms with E-state index >= 15 is 0 Å². The van der Waals surface area contributed by atoms with Crippen molar-refractivity contribution in [1.82, 2.24) is 0 Å². The van der Waals surface area contributed by atoms with Crippen LogP contribution in [-0.4, -0.2) is 6.16 Å². The SMILES string of the molecule is CCCCCCCCP(c1ccccc1)c1cccc(C)c1C. The van der Waals surface area contributed by atoms with Crippen molar-refractivity contribution in [3.8, 4) is 0 Å². The molecule has 0 aliphatic rings. The summed E-state index contributed by atoms with van der Waals surface area (Å²) in [6.07, 6.45) is 9.61. The van der Waals surface area contributed by atoms with Crippen LogP contribution in [-0.2, 0) is 0 Å². The van der Waals surface area contributed by atoms with E-state index in [1.165, 1.54) is 61.1 Å². The van der Waals surface area contributed by atoms with Crippen molar-refractivity contribution in [1.29, 1.82) is 0 Å². The number of hydrogen-bond donors (Lipinski definition) is 0.